The van der Waals surface area contributed by atoms with E-state index < -0.39 is 11.6 Å². The Kier molecular flexibility index (Phi) is 3.75. The summed E-state index contributed by atoms with van der Waals surface area (Å²) < 4.78 is 0. The Bertz CT molecular complexity index is 404. The molecule has 0 aromatic carbocycles. The maximum absolute atomic E-state index is 12.3. The average molecular weight is 268 g/mol. The Morgan fingerprint density at radius 3 is 2.68 bits per heavy atom. The molecule has 1 aliphatic carbocycles. The van der Waals surface area contributed by atoms with Gasteiger partial charge in [-0.05, 0) is 19.8 Å². The summed E-state index contributed by atoms with van der Waals surface area (Å²) >= 11 is 0. The molecule has 0 aromatic rings. The molecule has 4 N–H and O–H groups in total. The van der Waals surface area contributed by atoms with E-state index in [-0.39, 0.29) is 24.4 Å². The summed E-state index contributed by atoms with van der Waals surface area (Å²) in [5.74, 6) is -0.637. The zero-order valence-electron chi connectivity index (χ0n) is 11.1. The van der Waals surface area contributed by atoms with Gasteiger partial charge in [0.05, 0.1) is 0 Å². The largest absolute Gasteiger partial charge is 0.351 e. The minimum absolute atomic E-state index is 0.172. The molecule has 1 saturated carbocycles. The predicted octanol–water partition coefficient (Wildman–Crippen LogP) is -0.686. The second-order valence-corrected chi connectivity index (χ2v) is 5.31. The van der Waals surface area contributed by atoms with E-state index in [0.717, 1.165) is 17.7 Å². The molecule has 106 valence electrons. The molecule has 7 nitrogen and oxygen atoms in total. The van der Waals surface area contributed by atoms with Crippen molar-refractivity contribution in [3.8, 4) is 0 Å². The number of nitrogens with one attached hydrogen (secondary N) is 2. The number of rotatable bonds is 4. The smallest absolute Gasteiger partial charge is 0.325 e. The number of carbonyl (C=O) groups excluding carboxylic acids is 3. The first kappa shape index (κ1) is 13.8. The van der Waals surface area contributed by atoms with Gasteiger partial charge >= 0.3 is 6.03 Å². The molecular weight excluding hydrogens is 248 g/mol. The molecule has 1 aliphatic heterocycles. The predicted molar refractivity (Wildman–Crippen MR) is 68.1 cm³/mol. The molecule has 0 aromatic heterocycles. The number of hydrogen-bond acceptors (Lipinski definition) is 4. The lowest BCUT2D eigenvalue weighted by atomic mass is 9.98. The van der Waals surface area contributed by atoms with Crippen LogP contribution in [0.4, 0.5) is 4.79 Å². The topological polar surface area (TPSA) is 105 Å². The summed E-state index contributed by atoms with van der Waals surface area (Å²) in [7, 11) is 0. The second-order valence-electron chi connectivity index (χ2n) is 5.31. The van der Waals surface area contributed by atoms with Crippen molar-refractivity contribution in [3.63, 3.8) is 0 Å². The zero-order chi connectivity index (χ0) is 14.0. The number of carbonyl (C=O) groups is 3. The van der Waals surface area contributed by atoms with Crippen LogP contribution in [-0.4, -0.2) is 47.4 Å². The normalized spacial score (nSPS) is 22.7. The highest BCUT2D eigenvalue weighted by Gasteiger charge is 2.52. The van der Waals surface area contributed by atoms with Crippen LogP contribution in [0.3, 0.4) is 0 Å². The van der Waals surface area contributed by atoms with Gasteiger partial charge in [-0.3, -0.25) is 14.5 Å². The lowest BCUT2D eigenvalue weighted by Gasteiger charge is -2.20. The number of hydrogen-bond donors (Lipinski definition) is 3. The van der Waals surface area contributed by atoms with Crippen LogP contribution in [0.2, 0.25) is 0 Å². The fraction of sp³-hybridized carbons (Fsp3) is 0.750. The van der Waals surface area contributed by atoms with Crippen LogP contribution in [0, 0.1) is 0 Å². The van der Waals surface area contributed by atoms with Crippen LogP contribution in [0.25, 0.3) is 0 Å². The van der Waals surface area contributed by atoms with Crippen molar-refractivity contribution in [3.05, 3.63) is 0 Å². The summed E-state index contributed by atoms with van der Waals surface area (Å²) in [6.07, 6.45) is 3.18. The van der Waals surface area contributed by atoms with Crippen molar-refractivity contribution < 1.29 is 14.4 Å². The van der Waals surface area contributed by atoms with Gasteiger partial charge in [-0.2, -0.15) is 0 Å². The summed E-state index contributed by atoms with van der Waals surface area (Å²) in [4.78, 5) is 36.8. The fourth-order valence-electron chi connectivity index (χ4n) is 2.66. The number of imide groups is 1. The van der Waals surface area contributed by atoms with E-state index in [0.29, 0.717) is 19.4 Å². The zero-order valence-corrected chi connectivity index (χ0v) is 11.1. The van der Waals surface area contributed by atoms with Crippen LogP contribution in [0.15, 0.2) is 0 Å². The van der Waals surface area contributed by atoms with Crippen molar-refractivity contribution in [2.45, 2.75) is 44.2 Å². The Morgan fingerprint density at radius 2 is 2.11 bits per heavy atom. The molecular formula is C12H20N4O3. The monoisotopic (exact) mass is 268 g/mol. The minimum Gasteiger partial charge on any atom is -0.351 e. The van der Waals surface area contributed by atoms with Gasteiger partial charge in [0.2, 0.25) is 5.91 Å². The Hall–Kier alpha value is -1.63. The maximum atomic E-state index is 12.3. The van der Waals surface area contributed by atoms with Crippen LogP contribution in [0.1, 0.15) is 32.6 Å². The van der Waals surface area contributed by atoms with Crippen LogP contribution in [0.5, 0.6) is 0 Å². The van der Waals surface area contributed by atoms with Crippen molar-refractivity contribution >= 4 is 17.8 Å². The molecule has 0 radical (unpaired) electrons. The second kappa shape index (κ2) is 5.16. The molecule has 1 saturated heterocycles. The van der Waals surface area contributed by atoms with Gasteiger partial charge in [0.25, 0.3) is 5.91 Å². The molecule has 7 heteroatoms. The van der Waals surface area contributed by atoms with Gasteiger partial charge in [0.15, 0.2) is 0 Å². The van der Waals surface area contributed by atoms with Gasteiger partial charge in [-0.25, -0.2) is 4.79 Å². The van der Waals surface area contributed by atoms with E-state index in [4.69, 9.17) is 5.73 Å². The van der Waals surface area contributed by atoms with Crippen molar-refractivity contribution in [2.24, 2.45) is 5.73 Å². The fourth-order valence-corrected chi connectivity index (χ4v) is 2.66. The van der Waals surface area contributed by atoms with Crippen LogP contribution < -0.4 is 16.4 Å². The van der Waals surface area contributed by atoms with E-state index in [1.807, 2.05) is 0 Å². The van der Waals surface area contributed by atoms with Crippen LogP contribution >= 0.6 is 0 Å². The van der Waals surface area contributed by atoms with Gasteiger partial charge < -0.3 is 16.4 Å². The first-order chi connectivity index (χ1) is 8.98. The molecule has 19 heavy (non-hydrogen) atoms. The van der Waals surface area contributed by atoms with Crippen molar-refractivity contribution in [1.29, 1.82) is 0 Å². The first-order valence-electron chi connectivity index (χ1n) is 6.62. The van der Waals surface area contributed by atoms with E-state index in [1.54, 1.807) is 6.92 Å². The van der Waals surface area contributed by atoms with Crippen molar-refractivity contribution in [2.75, 3.05) is 13.1 Å². The van der Waals surface area contributed by atoms with E-state index in [9.17, 15) is 14.4 Å². The molecule has 0 bridgehead atoms. The van der Waals surface area contributed by atoms with Gasteiger partial charge in [0, 0.05) is 12.6 Å². The average Bonchev–Trinajstić information content (AvgIpc) is 2.91. The van der Waals surface area contributed by atoms with E-state index in [1.165, 1.54) is 0 Å². The molecule has 2 rings (SSSR count). The number of urea groups is 1. The third-order valence-electron chi connectivity index (χ3n) is 3.77. The van der Waals surface area contributed by atoms with Crippen LogP contribution in [-0.2, 0) is 9.59 Å². The molecule has 2 aliphatic rings. The molecule has 0 unspecified atom stereocenters. The molecule has 4 amide bonds. The number of nitrogens with zero attached hydrogens (tertiary/aromatic N) is 1. The van der Waals surface area contributed by atoms with Gasteiger partial charge in [0.1, 0.15) is 12.1 Å². The van der Waals surface area contributed by atoms with E-state index in [2.05, 4.69) is 10.6 Å². The summed E-state index contributed by atoms with van der Waals surface area (Å²) in [5, 5.41) is 5.37. The Labute approximate surface area is 111 Å². The summed E-state index contributed by atoms with van der Waals surface area (Å²) in [5.41, 5.74) is 4.65. The molecule has 1 heterocycles. The first-order valence-corrected chi connectivity index (χ1v) is 6.62. The lowest BCUT2D eigenvalue weighted by Crippen LogP contribution is -2.47. The maximum Gasteiger partial charge on any atom is 0.325 e. The quantitative estimate of drug-likeness (QED) is 0.587. The van der Waals surface area contributed by atoms with Gasteiger partial charge in [-0.1, -0.05) is 12.8 Å². The standard InChI is InChI=1S/C12H20N4O3/c1-8(6-13)14-9(17)7-16-10(18)12(15-11(16)19)4-2-3-5-12/h8H,2-7,13H2,1H3,(H,14,17)(H,15,19)/t8-/m0/s1. The Balaban J connectivity index is 1.99. The number of nitrogens with two attached hydrogens (primary N) is 1. The molecule has 1 atom stereocenters. The highest BCUT2D eigenvalue weighted by Crippen LogP contribution is 2.34. The highest BCUT2D eigenvalue weighted by molar-refractivity contribution is 6.09. The third kappa shape index (κ3) is 2.56. The Morgan fingerprint density at radius 1 is 1.47 bits per heavy atom. The summed E-state index contributed by atoms with van der Waals surface area (Å²) in [6.45, 7) is 1.84. The number of amides is 4. The lowest BCUT2D eigenvalue weighted by molar-refractivity contribution is -0.135. The SMILES string of the molecule is C[C@@H](CN)NC(=O)CN1C(=O)NC2(CCCC2)C1=O. The highest BCUT2D eigenvalue weighted by atomic mass is 16.2. The third-order valence-corrected chi connectivity index (χ3v) is 3.77. The summed E-state index contributed by atoms with van der Waals surface area (Å²) in [6, 6.07) is -0.642. The molecule has 1 spiro atoms. The van der Waals surface area contributed by atoms with Gasteiger partial charge in [-0.15, -0.1) is 0 Å². The molecule has 2 fully saturated rings. The minimum atomic E-state index is -0.753. The van der Waals surface area contributed by atoms with Crippen molar-refractivity contribution in [1.82, 2.24) is 15.5 Å². The van der Waals surface area contributed by atoms with E-state index >= 15 is 0 Å².